The SMILES string of the molecule is C=CC.CC#N.CC1C(C(=O)O)=CC=CC1(Br)C(=O)O. The fourth-order valence-electron chi connectivity index (χ4n) is 1.32. The highest BCUT2D eigenvalue weighted by molar-refractivity contribution is 9.10. The minimum atomic E-state index is -1.31. The third-order valence-electron chi connectivity index (χ3n) is 2.29. The number of rotatable bonds is 2. The van der Waals surface area contributed by atoms with E-state index in [0.717, 1.165) is 0 Å². The summed E-state index contributed by atoms with van der Waals surface area (Å²) in [6, 6.07) is 1.75. The topological polar surface area (TPSA) is 98.4 Å². The van der Waals surface area contributed by atoms with E-state index in [9.17, 15) is 9.59 Å². The summed E-state index contributed by atoms with van der Waals surface area (Å²) in [6.45, 7) is 8.24. The number of carboxylic acid groups (broad SMARTS) is 2. The maximum absolute atomic E-state index is 10.9. The van der Waals surface area contributed by atoms with Gasteiger partial charge in [0.15, 0.2) is 0 Å². The second-order valence-corrected chi connectivity index (χ2v) is 5.03. The molecule has 0 bridgehead atoms. The molecule has 1 rings (SSSR count). The van der Waals surface area contributed by atoms with Crippen LogP contribution >= 0.6 is 15.9 Å². The van der Waals surface area contributed by atoms with Crippen molar-refractivity contribution < 1.29 is 19.8 Å². The summed E-state index contributed by atoms with van der Waals surface area (Å²) in [5, 5.41) is 25.1. The minimum absolute atomic E-state index is 0.0896. The molecule has 0 aromatic rings. The van der Waals surface area contributed by atoms with Crippen LogP contribution in [0.2, 0.25) is 0 Å². The number of carboxylic acids is 2. The zero-order chi connectivity index (χ0) is 16.3. The number of alkyl halides is 1. The molecule has 1 aliphatic carbocycles. The minimum Gasteiger partial charge on any atom is -0.480 e. The Labute approximate surface area is 127 Å². The largest absolute Gasteiger partial charge is 0.480 e. The van der Waals surface area contributed by atoms with Crippen LogP contribution in [0.4, 0.5) is 0 Å². The smallest absolute Gasteiger partial charge is 0.331 e. The van der Waals surface area contributed by atoms with Crippen LogP contribution in [0.25, 0.3) is 0 Å². The van der Waals surface area contributed by atoms with E-state index in [1.165, 1.54) is 25.2 Å². The number of allylic oxidation sites excluding steroid dienone is 3. The molecule has 2 N–H and O–H groups in total. The van der Waals surface area contributed by atoms with Crippen molar-refractivity contribution in [3.8, 4) is 6.07 Å². The molecule has 0 saturated carbocycles. The van der Waals surface area contributed by atoms with Crippen molar-refractivity contribution >= 4 is 27.9 Å². The molecule has 5 nitrogen and oxygen atoms in total. The second kappa shape index (κ2) is 9.98. The van der Waals surface area contributed by atoms with Gasteiger partial charge in [-0.15, -0.1) is 6.58 Å². The van der Waals surface area contributed by atoms with Crippen LogP contribution in [0.3, 0.4) is 0 Å². The highest BCUT2D eigenvalue weighted by atomic mass is 79.9. The molecule has 0 fully saturated rings. The maximum atomic E-state index is 10.9. The van der Waals surface area contributed by atoms with Crippen molar-refractivity contribution in [3.63, 3.8) is 0 Å². The van der Waals surface area contributed by atoms with E-state index < -0.39 is 22.2 Å². The van der Waals surface area contributed by atoms with Crippen LogP contribution in [0.1, 0.15) is 20.8 Å². The molecule has 0 heterocycles. The summed E-state index contributed by atoms with van der Waals surface area (Å²) in [4.78, 5) is 21.7. The monoisotopic (exact) mass is 343 g/mol. The van der Waals surface area contributed by atoms with Gasteiger partial charge >= 0.3 is 11.9 Å². The van der Waals surface area contributed by atoms with Crippen molar-refractivity contribution in [2.75, 3.05) is 0 Å². The summed E-state index contributed by atoms with van der Waals surface area (Å²) in [6.07, 6.45) is 6.04. The van der Waals surface area contributed by atoms with Gasteiger partial charge in [-0.05, 0) is 6.92 Å². The highest BCUT2D eigenvalue weighted by Crippen LogP contribution is 2.37. The number of carbonyl (C=O) groups is 2. The van der Waals surface area contributed by atoms with Gasteiger partial charge < -0.3 is 10.2 Å². The van der Waals surface area contributed by atoms with Gasteiger partial charge in [0.1, 0.15) is 4.32 Å². The predicted molar refractivity (Wildman–Crippen MR) is 80.5 cm³/mol. The van der Waals surface area contributed by atoms with Crippen molar-refractivity contribution in [2.24, 2.45) is 5.92 Å². The molecule has 2 atom stereocenters. The zero-order valence-electron chi connectivity index (χ0n) is 11.6. The van der Waals surface area contributed by atoms with E-state index in [0.29, 0.717) is 0 Å². The summed E-state index contributed by atoms with van der Waals surface area (Å²) in [5.41, 5.74) is 0.0896. The molecular formula is C14H18BrNO4. The van der Waals surface area contributed by atoms with Crippen LogP contribution in [0.5, 0.6) is 0 Å². The molecule has 0 aromatic heterocycles. The van der Waals surface area contributed by atoms with E-state index in [1.807, 2.05) is 6.92 Å². The van der Waals surface area contributed by atoms with Crippen molar-refractivity contribution in [1.29, 1.82) is 5.26 Å². The van der Waals surface area contributed by atoms with Gasteiger partial charge in [-0.25, -0.2) is 4.79 Å². The van der Waals surface area contributed by atoms with E-state index in [-0.39, 0.29) is 5.57 Å². The first kappa shape index (κ1) is 20.4. The second-order valence-electron chi connectivity index (χ2n) is 3.71. The van der Waals surface area contributed by atoms with Crippen LogP contribution in [0.15, 0.2) is 36.5 Å². The third-order valence-corrected chi connectivity index (χ3v) is 3.58. The molecule has 1 aliphatic rings. The van der Waals surface area contributed by atoms with Gasteiger partial charge in [0.25, 0.3) is 0 Å². The molecule has 2 unspecified atom stereocenters. The first-order valence-electron chi connectivity index (χ1n) is 5.65. The number of halogens is 1. The number of hydrogen-bond donors (Lipinski definition) is 2. The number of hydrogen-bond acceptors (Lipinski definition) is 3. The number of nitriles is 1. The number of aliphatic carboxylic acids is 2. The van der Waals surface area contributed by atoms with Crippen LogP contribution in [-0.2, 0) is 9.59 Å². The first-order valence-corrected chi connectivity index (χ1v) is 6.45. The average molecular weight is 344 g/mol. The van der Waals surface area contributed by atoms with Gasteiger partial charge in [0.05, 0.1) is 6.07 Å². The summed E-state index contributed by atoms with van der Waals surface area (Å²) < 4.78 is -1.31. The molecule has 110 valence electrons. The molecule has 20 heavy (non-hydrogen) atoms. The van der Waals surface area contributed by atoms with Gasteiger partial charge in [0.2, 0.25) is 0 Å². The van der Waals surface area contributed by atoms with Gasteiger partial charge in [-0.3, -0.25) is 4.79 Å². The maximum Gasteiger partial charge on any atom is 0.331 e. The Morgan fingerprint density at radius 1 is 1.55 bits per heavy atom. The zero-order valence-corrected chi connectivity index (χ0v) is 13.2. The Morgan fingerprint density at radius 2 is 1.95 bits per heavy atom. The van der Waals surface area contributed by atoms with Crippen molar-refractivity contribution in [3.05, 3.63) is 36.5 Å². The molecule has 0 saturated heterocycles. The lowest BCUT2D eigenvalue weighted by Crippen LogP contribution is -2.40. The van der Waals surface area contributed by atoms with E-state index >= 15 is 0 Å². The standard InChI is InChI=1S/C9H9BrO4.C3H6.C2H3N/c1-5-6(7(11)12)3-2-4-9(5,10)8(13)14;1-3-2;1-2-3/h2-5H,1H3,(H,11,12)(H,13,14);3H,1H2,2H3;1H3. The van der Waals surface area contributed by atoms with Gasteiger partial charge in [0, 0.05) is 18.4 Å². The van der Waals surface area contributed by atoms with Crippen molar-refractivity contribution in [1.82, 2.24) is 0 Å². The average Bonchev–Trinajstić information content (AvgIpc) is 2.34. The molecule has 6 heteroatoms. The molecular weight excluding hydrogens is 326 g/mol. The first-order chi connectivity index (χ1) is 9.22. The van der Waals surface area contributed by atoms with E-state index in [4.69, 9.17) is 15.5 Å². The van der Waals surface area contributed by atoms with E-state index in [2.05, 4.69) is 22.5 Å². The summed E-state index contributed by atoms with van der Waals surface area (Å²) in [5.74, 6) is -2.79. The fraction of sp³-hybridized carbons (Fsp3) is 0.357. The summed E-state index contributed by atoms with van der Waals surface area (Å²) in [7, 11) is 0. The third kappa shape index (κ3) is 5.85. The highest BCUT2D eigenvalue weighted by Gasteiger charge is 2.43. The lowest BCUT2D eigenvalue weighted by molar-refractivity contribution is -0.139. The predicted octanol–water partition coefficient (Wildman–Crippen LogP) is 3.14. The van der Waals surface area contributed by atoms with Crippen LogP contribution < -0.4 is 0 Å². The Morgan fingerprint density at radius 3 is 2.25 bits per heavy atom. The van der Waals surface area contributed by atoms with E-state index in [1.54, 1.807) is 19.1 Å². The quantitative estimate of drug-likeness (QED) is 0.592. The fourth-order valence-corrected chi connectivity index (χ4v) is 1.72. The molecule has 0 radical (unpaired) electrons. The summed E-state index contributed by atoms with van der Waals surface area (Å²) >= 11 is 3.04. The number of nitrogens with zero attached hydrogens (tertiary/aromatic N) is 1. The van der Waals surface area contributed by atoms with Crippen LogP contribution in [0, 0.1) is 17.2 Å². The lowest BCUT2D eigenvalue weighted by Gasteiger charge is -2.29. The van der Waals surface area contributed by atoms with Gasteiger partial charge in [-0.1, -0.05) is 47.2 Å². The van der Waals surface area contributed by atoms with Gasteiger partial charge in [-0.2, -0.15) is 5.26 Å². The lowest BCUT2D eigenvalue weighted by atomic mass is 9.83. The Hall–Kier alpha value is -1.87. The van der Waals surface area contributed by atoms with Crippen molar-refractivity contribution in [2.45, 2.75) is 25.1 Å². The normalized spacial score (nSPS) is 22.8. The molecule has 0 aromatic carbocycles. The Bertz CT molecular complexity index is 462. The Balaban J connectivity index is 0. The molecule has 0 aliphatic heterocycles. The Kier molecular flexibility index (Phi) is 10.2. The van der Waals surface area contributed by atoms with Crippen LogP contribution in [-0.4, -0.2) is 26.5 Å². The molecule has 0 amide bonds. The molecule has 0 spiro atoms.